The Kier molecular flexibility index (Phi) is 4.94. The van der Waals surface area contributed by atoms with Crippen LogP contribution in [0.25, 0.3) is 0 Å². The van der Waals surface area contributed by atoms with E-state index < -0.39 is 11.7 Å². The van der Waals surface area contributed by atoms with E-state index in [-0.39, 0.29) is 16.7 Å². The summed E-state index contributed by atoms with van der Waals surface area (Å²) in [6.07, 6.45) is -3.08. The molecule has 0 atom stereocenters. The van der Waals surface area contributed by atoms with E-state index >= 15 is 0 Å². The molecule has 0 radical (unpaired) electrons. The average molecular weight is 380 g/mol. The van der Waals surface area contributed by atoms with Crippen molar-refractivity contribution >= 4 is 34.7 Å². The summed E-state index contributed by atoms with van der Waals surface area (Å²) in [7, 11) is 0. The number of benzene rings is 2. The van der Waals surface area contributed by atoms with E-state index in [1.54, 1.807) is 0 Å². The Morgan fingerprint density at radius 2 is 1.73 bits per heavy atom. The summed E-state index contributed by atoms with van der Waals surface area (Å²) in [5.41, 5.74) is 1.11. The third-order valence-electron chi connectivity index (χ3n) is 3.42. The smallest absolute Gasteiger partial charge is 0.339 e. The van der Waals surface area contributed by atoms with E-state index in [1.165, 1.54) is 6.20 Å². The number of alkyl halides is 3. The predicted molar refractivity (Wildman–Crippen MR) is 94.0 cm³/mol. The van der Waals surface area contributed by atoms with Gasteiger partial charge in [-0.2, -0.15) is 23.3 Å². The summed E-state index contributed by atoms with van der Waals surface area (Å²) in [5, 5.41) is 13.4. The SMILES string of the molecule is Cc1ccc(Nc2cnnc(Nc3cc(C(F)(F)F)ccc3Cl)n2)cc1. The molecule has 3 rings (SSSR count). The Hall–Kier alpha value is -2.87. The van der Waals surface area contributed by atoms with Gasteiger partial charge in [-0.25, -0.2) is 0 Å². The van der Waals surface area contributed by atoms with Gasteiger partial charge in [-0.05, 0) is 37.3 Å². The molecular formula is C17H13ClF3N5. The highest BCUT2D eigenvalue weighted by atomic mass is 35.5. The van der Waals surface area contributed by atoms with Crippen LogP contribution in [0.1, 0.15) is 11.1 Å². The van der Waals surface area contributed by atoms with E-state index in [0.29, 0.717) is 5.82 Å². The van der Waals surface area contributed by atoms with Crippen molar-refractivity contribution in [2.75, 3.05) is 10.6 Å². The fraction of sp³-hybridized carbons (Fsp3) is 0.118. The van der Waals surface area contributed by atoms with E-state index in [9.17, 15) is 13.2 Å². The third kappa shape index (κ3) is 4.40. The molecule has 0 saturated carbocycles. The number of hydrogen-bond acceptors (Lipinski definition) is 5. The fourth-order valence-electron chi connectivity index (χ4n) is 2.12. The summed E-state index contributed by atoms with van der Waals surface area (Å²) in [5.74, 6) is 0.401. The second-order valence-corrected chi connectivity index (χ2v) is 5.88. The van der Waals surface area contributed by atoms with Gasteiger partial charge in [0.15, 0.2) is 5.82 Å². The van der Waals surface area contributed by atoms with Crippen LogP contribution in [-0.2, 0) is 6.18 Å². The lowest BCUT2D eigenvalue weighted by molar-refractivity contribution is -0.137. The summed E-state index contributed by atoms with van der Waals surface area (Å²) >= 11 is 5.96. The molecule has 26 heavy (non-hydrogen) atoms. The highest BCUT2D eigenvalue weighted by Crippen LogP contribution is 2.34. The second-order valence-electron chi connectivity index (χ2n) is 5.47. The molecule has 3 aromatic rings. The van der Waals surface area contributed by atoms with Crippen LogP contribution in [-0.4, -0.2) is 15.2 Å². The first-order valence-corrected chi connectivity index (χ1v) is 7.86. The van der Waals surface area contributed by atoms with Gasteiger partial charge in [0.25, 0.3) is 0 Å². The van der Waals surface area contributed by atoms with Crippen molar-refractivity contribution in [3.05, 3.63) is 64.8 Å². The van der Waals surface area contributed by atoms with Gasteiger partial charge in [0, 0.05) is 5.69 Å². The first kappa shape index (κ1) is 17.9. The molecule has 1 heterocycles. The quantitative estimate of drug-likeness (QED) is 0.640. The van der Waals surface area contributed by atoms with Crippen LogP contribution in [0, 0.1) is 6.92 Å². The Morgan fingerprint density at radius 1 is 1.00 bits per heavy atom. The molecule has 0 amide bonds. The lowest BCUT2D eigenvalue weighted by Crippen LogP contribution is -2.07. The molecule has 0 unspecified atom stereocenters. The topological polar surface area (TPSA) is 62.7 Å². The van der Waals surface area contributed by atoms with Crippen LogP contribution >= 0.6 is 11.6 Å². The zero-order valence-corrected chi connectivity index (χ0v) is 14.2. The van der Waals surface area contributed by atoms with Gasteiger partial charge < -0.3 is 10.6 Å². The molecule has 0 fully saturated rings. The Bertz CT molecular complexity index is 913. The van der Waals surface area contributed by atoms with Crippen LogP contribution < -0.4 is 10.6 Å². The van der Waals surface area contributed by atoms with E-state index in [1.807, 2.05) is 31.2 Å². The Morgan fingerprint density at radius 3 is 2.42 bits per heavy atom. The molecule has 134 valence electrons. The van der Waals surface area contributed by atoms with Crippen molar-refractivity contribution in [2.45, 2.75) is 13.1 Å². The van der Waals surface area contributed by atoms with Crippen LogP contribution in [0.15, 0.2) is 48.7 Å². The number of aromatic nitrogens is 3. The predicted octanol–water partition coefficient (Wildman–Crippen LogP) is 5.34. The first-order chi connectivity index (χ1) is 12.3. The highest BCUT2D eigenvalue weighted by Gasteiger charge is 2.31. The molecule has 0 aliphatic carbocycles. The Balaban J connectivity index is 1.82. The molecule has 0 saturated heterocycles. The summed E-state index contributed by atoms with van der Waals surface area (Å²) in [6, 6.07) is 10.6. The summed E-state index contributed by atoms with van der Waals surface area (Å²) in [6.45, 7) is 1.97. The van der Waals surface area contributed by atoms with E-state index in [2.05, 4.69) is 25.8 Å². The number of rotatable bonds is 4. The van der Waals surface area contributed by atoms with Crippen LogP contribution in [0.2, 0.25) is 5.02 Å². The van der Waals surface area contributed by atoms with Gasteiger partial charge >= 0.3 is 6.18 Å². The van der Waals surface area contributed by atoms with E-state index in [4.69, 9.17) is 11.6 Å². The minimum atomic E-state index is -4.48. The average Bonchev–Trinajstić information content (AvgIpc) is 2.58. The zero-order valence-electron chi connectivity index (χ0n) is 13.5. The zero-order chi connectivity index (χ0) is 18.7. The van der Waals surface area contributed by atoms with Gasteiger partial charge in [-0.3, -0.25) is 0 Å². The number of halogens is 4. The van der Waals surface area contributed by atoms with Gasteiger partial charge in [0.05, 0.1) is 22.5 Å². The maximum Gasteiger partial charge on any atom is 0.416 e. The van der Waals surface area contributed by atoms with Crippen molar-refractivity contribution in [1.82, 2.24) is 15.2 Å². The molecule has 0 aliphatic heterocycles. The van der Waals surface area contributed by atoms with Gasteiger partial charge in [-0.15, -0.1) is 5.10 Å². The monoisotopic (exact) mass is 379 g/mol. The number of nitrogens with one attached hydrogen (secondary N) is 2. The molecule has 1 aromatic heterocycles. The molecule has 5 nitrogen and oxygen atoms in total. The van der Waals surface area contributed by atoms with Crippen molar-refractivity contribution in [3.63, 3.8) is 0 Å². The Labute approximate surface area is 152 Å². The van der Waals surface area contributed by atoms with Crippen molar-refractivity contribution in [2.24, 2.45) is 0 Å². The number of anilines is 4. The number of aryl methyl sites for hydroxylation is 1. The standard InChI is InChI=1S/C17H13ClF3N5/c1-10-2-5-12(6-3-10)23-15-9-22-26-16(25-15)24-14-8-11(17(19,20)21)4-7-13(14)18/h2-9H,1H3,(H2,23,24,25,26). The van der Waals surface area contributed by atoms with Gasteiger partial charge in [0.1, 0.15) is 0 Å². The highest BCUT2D eigenvalue weighted by molar-refractivity contribution is 6.33. The lowest BCUT2D eigenvalue weighted by atomic mass is 10.2. The minimum Gasteiger partial charge on any atom is -0.339 e. The molecule has 2 N–H and O–H groups in total. The molecule has 0 spiro atoms. The van der Waals surface area contributed by atoms with Crippen molar-refractivity contribution in [3.8, 4) is 0 Å². The number of nitrogens with zero attached hydrogens (tertiary/aromatic N) is 3. The molecule has 2 aromatic carbocycles. The first-order valence-electron chi connectivity index (χ1n) is 7.48. The van der Waals surface area contributed by atoms with Gasteiger partial charge in [0.2, 0.25) is 5.95 Å². The molecule has 9 heteroatoms. The van der Waals surface area contributed by atoms with Crippen molar-refractivity contribution < 1.29 is 13.2 Å². The minimum absolute atomic E-state index is 0.0170. The normalized spacial score (nSPS) is 11.3. The molecular weight excluding hydrogens is 367 g/mol. The van der Waals surface area contributed by atoms with Gasteiger partial charge in [-0.1, -0.05) is 29.3 Å². The summed E-state index contributed by atoms with van der Waals surface area (Å²) < 4.78 is 38.5. The van der Waals surface area contributed by atoms with Crippen LogP contribution in [0.3, 0.4) is 0 Å². The van der Waals surface area contributed by atoms with Crippen molar-refractivity contribution in [1.29, 1.82) is 0 Å². The molecule has 0 aliphatic rings. The number of hydrogen-bond donors (Lipinski definition) is 2. The maximum atomic E-state index is 12.8. The third-order valence-corrected chi connectivity index (χ3v) is 3.75. The van der Waals surface area contributed by atoms with Crippen LogP contribution in [0.5, 0.6) is 0 Å². The largest absolute Gasteiger partial charge is 0.416 e. The fourth-order valence-corrected chi connectivity index (χ4v) is 2.28. The molecule has 0 bridgehead atoms. The van der Waals surface area contributed by atoms with Crippen LogP contribution in [0.4, 0.5) is 36.3 Å². The lowest BCUT2D eigenvalue weighted by Gasteiger charge is -2.12. The van der Waals surface area contributed by atoms with E-state index in [0.717, 1.165) is 29.4 Å². The summed E-state index contributed by atoms with van der Waals surface area (Å²) in [4.78, 5) is 4.18. The second kappa shape index (κ2) is 7.17. The maximum absolute atomic E-state index is 12.8.